The minimum atomic E-state index is 0.0695. The summed E-state index contributed by atoms with van der Waals surface area (Å²) in [6.07, 6.45) is 0. The van der Waals surface area contributed by atoms with E-state index in [2.05, 4.69) is 76.2 Å². The van der Waals surface area contributed by atoms with Crippen molar-refractivity contribution in [3.8, 4) is 0 Å². The smallest absolute Gasteiger partial charge is 0.191 e. The molecule has 0 spiro atoms. The summed E-state index contributed by atoms with van der Waals surface area (Å²) < 4.78 is 5.46. The third-order valence-corrected chi connectivity index (χ3v) is 6.41. The zero-order chi connectivity index (χ0) is 19.8. The topological polar surface area (TPSA) is 48.9 Å². The molecule has 5 nitrogen and oxygen atoms in total. The van der Waals surface area contributed by atoms with Crippen LogP contribution >= 0.6 is 11.3 Å². The fourth-order valence-electron chi connectivity index (χ4n) is 3.34. The number of nitrogens with one attached hydrogen (secondary N) is 2. The lowest BCUT2D eigenvalue weighted by Crippen LogP contribution is -2.43. The van der Waals surface area contributed by atoms with E-state index in [0.29, 0.717) is 0 Å². The Morgan fingerprint density at radius 2 is 1.86 bits per heavy atom. The number of aliphatic imine (C=N–C) groups is 1. The van der Waals surface area contributed by atoms with Crippen LogP contribution in [-0.2, 0) is 23.2 Å². The third-order valence-electron chi connectivity index (χ3n) is 5.17. The van der Waals surface area contributed by atoms with Crippen molar-refractivity contribution in [2.45, 2.75) is 32.4 Å². The van der Waals surface area contributed by atoms with Gasteiger partial charge in [-0.25, -0.2) is 0 Å². The number of rotatable bonds is 7. The average molecular weight is 401 g/mol. The maximum Gasteiger partial charge on any atom is 0.191 e. The summed E-state index contributed by atoms with van der Waals surface area (Å²) in [5.74, 6) is 0.839. The fourth-order valence-corrected chi connectivity index (χ4v) is 4.19. The van der Waals surface area contributed by atoms with Crippen molar-refractivity contribution >= 4 is 17.3 Å². The maximum absolute atomic E-state index is 5.46. The van der Waals surface area contributed by atoms with Gasteiger partial charge < -0.3 is 15.4 Å². The molecule has 0 aliphatic carbocycles. The molecule has 1 fully saturated rings. The van der Waals surface area contributed by atoms with Crippen LogP contribution in [0.25, 0.3) is 0 Å². The molecular weight excluding hydrogens is 368 g/mol. The van der Waals surface area contributed by atoms with Crippen LogP contribution in [0.4, 0.5) is 0 Å². The zero-order valence-electron chi connectivity index (χ0n) is 17.2. The highest BCUT2D eigenvalue weighted by Crippen LogP contribution is 2.26. The summed E-state index contributed by atoms with van der Waals surface area (Å²) in [5.41, 5.74) is 2.75. The lowest BCUT2D eigenvalue weighted by atomic mass is 9.91. The molecule has 2 heterocycles. The predicted octanol–water partition coefficient (Wildman–Crippen LogP) is 3.22. The summed E-state index contributed by atoms with van der Waals surface area (Å²) in [6, 6.07) is 13.0. The van der Waals surface area contributed by atoms with Crippen molar-refractivity contribution in [2.75, 3.05) is 39.9 Å². The van der Waals surface area contributed by atoms with Gasteiger partial charge in [-0.15, -0.1) is 11.3 Å². The number of hydrogen-bond acceptors (Lipinski definition) is 4. The Hall–Kier alpha value is -1.89. The fraction of sp³-hybridized carbons (Fsp3) is 0.500. The van der Waals surface area contributed by atoms with Crippen LogP contribution < -0.4 is 10.6 Å². The van der Waals surface area contributed by atoms with E-state index in [1.54, 1.807) is 11.3 Å². The van der Waals surface area contributed by atoms with Gasteiger partial charge in [0, 0.05) is 50.1 Å². The Morgan fingerprint density at radius 3 is 2.54 bits per heavy atom. The van der Waals surface area contributed by atoms with Gasteiger partial charge in [-0.3, -0.25) is 9.89 Å². The molecule has 2 aromatic rings. The SMILES string of the molecule is CN=C(NCc1ccccc1CN1CCOCC1)NCC(C)(C)c1cccs1. The van der Waals surface area contributed by atoms with Crippen LogP contribution in [0.2, 0.25) is 0 Å². The highest BCUT2D eigenvalue weighted by molar-refractivity contribution is 7.10. The highest BCUT2D eigenvalue weighted by Gasteiger charge is 2.22. The second-order valence-electron chi connectivity index (χ2n) is 7.80. The zero-order valence-corrected chi connectivity index (χ0v) is 18.0. The first-order valence-electron chi connectivity index (χ1n) is 9.94. The minimum Gasteiger partial charge on any atom is -0.379 e. The van der Waals surface area contributed by atoms with Gasteiger partial charge in [0.15, 0.2) is 5.96 Å². The predicted molar refractivity (Wildman–Crippen MR) is 118 cm³/mol. The molecule has 0 bridgehead atoms. The van der Waals surface area contributed by atoms with Crippen molar-refractivity contribution in [3.63, 3.8) is 0 Å². The molecule has 1 aliphatic heterocycles. The lowest BCUT2D eigenvalue weighted by Gasteiger charge is -2.27. The van der Waals surface area contributed by atoms with E-state index in [9.17, 15) is 0 Å². The number of nitrogens with zero attached hydrogens (tertiary/aromatic N) is 2. The number of morpholine rings is 1. The van der Waals surface area contributed by atoms with Crippen LogP contribution in [0.5, 0.6) is 0 Å². The maximum atomic E-state index is 5.46. The molecule has 1 aliphatic rings. The summed E-state index contributed by atoms with van der Waals surface area (Å²) in [6.45, 7) is 10.8. The normalized spacial score (nSPS) is 16.2. The van der Waals surface area contributed by atoms with Crippen LogP contribution in [0.15, 0.2) is 46.8 Å². The molecule has 0 unspecified atom stereocenters. The summed E-state index contributed by atoms with van der Waals surface area (Å²) in [5, 5.41) is 9.10. The number of hydrogen-bond donors (Lipinski definition) is 2. The number of ether oxygens (including phenoxy) is 1. The highest BCUT2D eigenvalue weighted by atomic mass is 32.1. The van der Waals surface area contributed by atoms with Gasteiger partial charge in [0.2, 0.25) is 0 Å². The molecule has 152 valence electrons. The molecule has 28 heavy (non-hydrogen) atoms. The first kappa shape index (κ1) is 20.8. The molecule has 2 N–H and O–H groups in total. The van der Waals surface area contributed by atoms with E-state index in [-0.39, 0.29) is 5.41 Å². The molecule has 1 aromatic carbocycles. The van der Waals surface area contributed by atoms with Crippen molar-refractivity contribution in [1.82, 2.24) is 15.5 Å². The molecule has 0 saturated carbocycles. The average Bonchev–Trinajstić information content (AvgIpc) is 3.26. The molecule has 0 atom stereocenters. The van der Waals surface area contributed by atoms with Gasteiger partial charge in [0.05, 0.1) is 13.2 Å². The molecule has 6 heteroatoms. The van der Waals surface area contributed by atoms with Crippen LogP contribution in [-0.4, -0.2) is 50.8 Å². The Morgan fingerprint density at radius 1 is 1.11 bits per heavy atom. The number of benzene rings is 1. The number of guanidine groups is 1. The Balaban J connectivity index is 1.55. The van der Waals surface area contributed by atoms with E-state index in [1.807, 2.05) is 7.05 Å². The van der Waals surface area contributed by atoms with Crippen molar-refractivity contribution in [3.05, 3.63) is 57.8 Å². The molecule has 3 rings (SSSR count). The van der Waals surface area contributed by atoms with Gasteiger partial charge in [-0.1, -0.05) is 44.2 Å². The van der Waals surface area contributed by atoms with E-state index < -0.39 is 0 Å². The Bertz CT molecular complexity index is 752. The second-order valence-corrected chi connectivity index (χ2v) is 8.75. The Labute approximate surface area is 172 Å². The van der Waals surface area contributed by atoms with Gasteiger partial charge >= 0.3 is 0 Å². The first-order valence-corrected chi connectivity index (χ1v) is 10.8. The quantitative estimate of drug-likeness (QED) is 0.553. The first-order chi connectivity index (χ1) is 13.6. The van der Waals surface area contributed by atoms with Crippen molar-refractivity contribution in [1.29, 1.82) is 0 Å². The van der Waals surface area contributed by atoms with Crippen LogP contribution in [0, 0.1) is 0 Å². The summed E-state index contributed by atoms with van der Waals surface area (Å²) in [4.78, 5) is 8.24. The summed E-state index contributed by atoms with van der Waals surface area (Å²) in [7, 11) is 1.83. The molecular formula is C22H32N4OS. The standard InChI is InChI=1S/C22H32N4OS/c1-22(2,20-9-6-14-28-20)17-25-21(23-3)24-15-18-7-4-5-8-19(18)16-26-10-12-27-13-11-26/h4-9,14H,10-13,15-17H2,1-3H3,(H2,23,24,25). The third kappa shape index (κ3) is 5.80. The molecule has 0 amide bonds. The summed E-state index contributed by atoms with van der Waals surface area (Å²) >= 11 is 1.80. The minimum absolute atomic E-state index is 0.0695. The van der Waals surface area contributed by atoms with E-state index in [0.717, 1.165) is 51.9 Å². The van der Waals surface area contributed by atoms with E-state index in [1.165, 1.54) is 16.0 Å². The molecule has 1 saturated heterocycles. The largest absolute Gasteiger partial charge is 0.379 e. The van der Waals surface area contributed by atoms with Crippen molar-refractivity contribution < 1.29 is 4.74 Å². The van der Waals surface area contributed by atoms with Crippen molar-refractivity contribution in [2.24, 2.45) is 4.99 Å². The van der Waals surface area contributed by atoms with Gasteiger partial charge in [0.1, 0.15) is 0 Å². The van der Waals surface area contributed by atoms with E-state index in [4.69, 9.17) is 4.74 Å². The van der Waals surface area contributed by atoms with Crippen LogP contribution in [0.1, 0.15) is 29.9 Å². The van der Waals surface area contributed by atoms with E-state index >= 15 is 0 Å². The van der Waals surface area contributed by atoms with Gasteiger partial charge in [0.25, 0.3) is 0 Å². The van der Waals surface area contributed by atoms with Crippen LogP contribution in [0.3, 0.4) is 0 Å². The molecule has 0 radical (unpaired) electrons. The monoisotopic (exact) mass is 400 g/mol. The van der Waals surface area contributed by atoms with Gasteiger partial charge in [-0.2, -0.15) is 0 Å². The van der Waals surface area contributed by atoms with Gasteiger partial charge in [-0.05, 0) is 22.6 Å². The lowest BCUT2D eigenvalue weighted by molar-refractivity contribution is 0.0341. The Kier molecular flexibility index (Phi) is 7.48. The number of thiophene rings is 1. The molecule has 1 aromatic heterocycles. The second kappa shape index (κ2) is 10.0.